The maximum atomic E-state index is 11.8. The molecule has 0 aromatic carbocycles. The van der Waals surface area contributed by atoms with E-state index in [1.807, 2.05) is 0 Å². The Hall–Kier alpha value is -2.02. The molecule has 0 bridgehead atoms. The minimum Gasteiger partial charge on any atom is -0.478 e. The van der Waals surface area contributed by atoms with E-state index in [-0.39, 0.29) is 11.1 Å². The monoisotopic (exact) mass is 233 g/mol. The van der Waals surface area contributed by atoms with E-state index in [1.54, 1.807) is 20.8 Å². The maximum Gasteiger partial charge on any atom is 0.337 e. The van der Waals surface area contributed by atoms with Crippen LogP contribution in [0.15, 0.2) is 10.9 Å². The molecule has 0 aliphatic rings. The molecule has 1 N–H and O–H groups in total. The third-order valence-corrected chi connectivity index (χ3v) is 2.62. The zero-order chi connectivity index (χ0) is 13.0. The van der Waals surface area contributed by atoms with Gasteiger partial charge in [-0.15, -0.1) is 11.8 Å². The summed E-state index contributed by atoms with van der Waals surface area (Å²) in [7, 11) is 0. The van der Waals surface area contributed by atoms with Crippen LogP contribution >= 0.6 is 0 Å². The number of aryl methyl sites for hydroxylation is 1. The number of pyridine rings is 1. The quantitative estimate of drug-likeness (QED) is 0.806. The number of hydrogen-bond donors (Lipinski definition) is 1. The largest absolute Gasteiger partial charge is 0.478 e. The highest BCUT2D eigenvalue weighted by atomic mass is 16.4. The van der Waals surface area contributed by atoms with Crippen molar-refractivity contribution < 1.29 is 9.90 Å². The molecule has 0 fully saturated rings. The zero-order valence-electron chi connectivity index (χ0n) is 10.2. The Balaban J connectivity index is 3.29. The molecule has 17 heavy (non-hydrogen) atoms. The normalized spacial score (nSPS) is 9.59. The van der Waals surface area contributed by atoms with Crippen molar-refractivity contribution in [2.45, 2.75) is 33.7 Å². The highest BCUT2D eigenvalue weighted by molar-refractivity contribution is 5.90. The van der Waals surface area contributed by atoms with E-state index in [9.17, 15) is 9.59 Å². The number of carboxylic acid groups (broad SMARTS) is 1. The van der Waals surface area contributed by atoms with Crippen LogP contribution in [-0.4, -0.2) is 15.6 Å². The van der Waals surface area contributed by atoms with Crippen LogP contribution in [0.1, 0.15) is 35.0 Å². The van der Waals surface area contributed by atoms with E-state index in [2.05, 4.69) is 11.8 Å². The van der Waals surface area contributed by atoms with Gasteiger partial charge in [-0.05, 0) is 26.3 Å². The third kappa shape index (κ3) is 2.76. The predicted octanol–water partition coefficient (Wildman–Crippen LogP) is 1.58. The second-order valence-electron chi connectivity index (χ2n) is 3.76. The summed E-state index contributed by atoms with van der Waals surface area (Å²) < 4.78 is 1.46. The molecule has 0 spiro atoms. The Labute approximate surface area is 99.9 Å². The summed E-state index contributed by atoms with van der Waals surface area (Å²) in [6, 6.07) is 1.36. The number of aromatic carboxylic acids is 1. The summed E-state index contributed by atoms with van der Waals surface area (Å²) in [4.78, 5) is 22.8. The van der Waals surface area contributed by atoms with E-state index >= 15 is 0 Å². The van der Waals surface area contributed by atoms with E-state index in [4.69, 9.17) is 5.11 Å². The Kier molecular flexibility index (Phi) is 4.11. The predicted molar refractivity (Wildman–Crippen MR) is 65.2 cm³/mol. The molecule has 0 aliphatic carbocycles. The van der Waals surface area contributed by atoms with Crippen molar-refractivity contribution in [1.29, 1.82) is 0 Å². The summed E-state index contributed by atoms with van der Waals surface area (Å²) in [5.41, 5.74) is 1.01. The van der Waals surface area contributed by atoms with Crippen molar-refractivity contribution in [2.24, 2.45) is 0 Å². The van der Waals surface area contributed by atoms with Gasteiger partial charge >= 0.3 is 5.97 Å². The van der Waals surface area contributed by atoms with Crippen LogP contribution < -0.4 is 5.56 Å². The van der Waals surface area contributed by atoms with Gasteiger partial charge in [0.2, 0.25) is 0 Å². The average molecular weight is 233 g/mol. The van der Waals surface area contributed by atoms with Gasteiger partial charge in [0.05, 0.1) is 5.56 Å². The molecular formula is C13H15NO3. The molecule has 1 rings (SSSR count). The summed E-state index contributed by atoms with van der Waals surface area (Å²) in [6.45, 7) is 5.44. The first-order chi connectivity index (χ1) is 7.99. The van der Waals surface area contributed by atoms with Crippen LogP contribution in [-0.2, 0) is 6.54 Å². The summed E-state index contributed by atoms with van der Waals surface area (Å²) in [6.07, 6.45) is 0.541. The standard InChI is InChI=1S/C13H15NO3/c1-4-5-6-7-14-10(3)12(13(16)17)9(2)8-11(14)15/h8H,6-7H2,1-3H3,(H,16,17). The lowest BCUT2D eigenvalue weighted by molar-refractivity contribution is 0.0694. The van der Waals surface area contributed by atoms with Crippen molar-refractivity contribution in [3.8, 4) is 11.8 Å². The molecule has 0 saturated carbocycles. The summed E-state index contributed by atoms with van der Waals surface area (Å²) in [5, 5.41) is 9.09. The minimum atomic E-state index is -1.00. The summed E-state index contributed by atoms with van der Waals surface area (Å²) in [5.74, 6) is 4.60. The van der Waals surface area contributed by atoms with Crippen LogP contribution in [0.5, 0.6) is 0 Å². The van der Waals surface area contributed by atoms with Crippen LogP contribution in [0.3, 0.4) is 0 Å². The molecule has 1 heterocycles. The highest BCUT2D eigenvalue weighted by Gasteiger charge is 2.15. The molecule has 1 aromatic rings. The molecule has 0 radical (unpaired) electrons. The van der Waals surface area contributed by atoms with Crippen molar-refractivity contribution in [3.63, 3.8) is 0 Å². The first-order valence-electron chi connectivity index (χ1n) is 5.33. The lowest BCUT2D eigenvalue weighted by Crippen LogP contribution is -2.25. The van der Waals surface area contributed by atoms with Gasteiger partial charge in [0.25, 0.3) is 5.56 Å². The third-order valence-electron chi connectivity index (χ3n) is 2.62. The number of hydrogen-bond acceptors (Lipinski definition) is 2. The van der Waals surface area contributed by atoms with Crippen LogP contribution in [0.2, 0.25) is 0 Å². The second-order valence-corrected chi connectivity index (χ2v) is 3.76. The van der Waals surface area contributed by atoms with E-state index < -0.39 is 5.97 Å². The first-order valence-corrected chi connectivity index (χ1v) is 5.33. The van der Waals surface area contributed by atoms with Gasteiger partial charge in [0, 0.05) is 24.7 Å². The molecule has 90 valence electrons. The van der Waals surface area contributed by atoms with Gasteiger partial charge in [-0.25, -0.2) is 4.79 Å². The fourth-order valence-electron chi connectivity index (χ4n) is 1.81. The van der Waals surface area contributed by atoms with Gasteiger partial charge < -0.3 is 9.67 Å². The van der Waals surface area contributed by atoms with Crippen molar-refractivity contribution >= 4 is 5.97 Å². The van der Waals surface area contributed by atoms with Gasteiger partial charge in [-0.2, -0.15) is 0 Å². The Bertz CT molecular complexity index is 558. The molecule has 0 amide bonds. The number of aromatic nitrogens is 1. The van der Waals surface area contributed by atoms with E-state index in [1.165, 1.54) is 10.6 Å². The Morgan fingerprint density at radius 3 is 2.65 bits per heavy atom. The molecule has 0 saturated heterocycles. The second kappa shape index (κ2) is 5.35. The van der Waals surface area contributed by atoms with Crippen molar-refractivity contribution in [2.75, 3.05) is 0 Å². The molecule has 0 atom stereocenters. The fourth-order valence-corrected chi connectivity index (χ4v) is 1.81. The highest BCUT2D eigenvalue weighted by Crippen LogP contribution is 2.11. The first kappa shape index (κ1) is 13.0. The Morgan fingerprint density at radius 2 is 2.12 bits per heavy atom. The molecule has 4 nitrogen and oxygen atoms in total. The number of nitrogens with zero attached hydrogens (tertiary/aromatic N) is 1. The van der Waals surface area contributed by atoms with Crippen molar-refractivity contribution in [3.05, 3.63) is 33.2 Å². The van der Waals surface area contributed by atoms with E-state index in [0.29, 0.717) is 24.2 Å². The minimum absolute atomic E-state index is 0.178. The molecule has 4 heteroatoms. The van der Waals surface area contributed by atoms with E-state index in [0.717, 1.165) is 0 Å². The van der Waals surface area contributed by atoms with Gasteiger partial charge in [-0.3, -0.25) is 4.79 Å². The molecular weight excluding hydrogens is 218 g/mol. The van der Waals surface area contributed by atoms with Crippen molar-refractivity contribution in [1.82, 2.24) is 4.57 Å². The van der Waals surface area contributed by atoms with Gasteiger partial charge in [0.1, 0.15) is 0 Å². The maximum absolute atomic E-state index is 11.8. The Morgan fingerprint density at radius 1 is 1.47 bits per heavy atom. The zero-order valence-corrected chi connectivity index (χ0v) is 10.2. The molecule has 0 aliphatic heterocycles. The number of carbonyl (C=O) groups is 1. The van der Waals surface area contributed by atoms with Crippen LogP contribution in [0.25, 0.3) is 0 Å². The molecule has 1 aromatic heterocycles. The fraction of sp³-hybridized carbons (Fsp3) is 0.385. The average Bonchev–Trinajstić information content (AvgIpc) is 2.21. The number of carboxylic acids is 1. The lowest BCUT2D eigenvalue weighted by atomic mass is 10.1. The lowest BCUT2D eigenvalue weighted by Gasteiger charge is -2.12. The summed E-state index contributed by atoms with van der Waals surface area (Å²) >= 11 is 0. The molecule has 0 unspecified atom stereocenters. The topological polar surface area (TPSA) is 59.3 Å². The van der Waals surface area contributed by atoms with Gasteiger partial charge in [0.15, 0.2) is 0 Å². The van der Waals surface area contributed by atoms with Crippen LogP contribution in [0.4, 0.5) is 0 Å². The smallest absolute Gasteiger partial charge is 0.337 e. The van der Waals surface area contributed by atoms with Crippen LogP contribution in [0, 0.1) is 25.7 Å². The number of rotatable bonds is 3. The van der Waals surface area contributed by atoms with Gasteiger partial charge in [-0.1, -0.05) is 0 Å². The SMILES string of the molecule is CC#CCCn1c(C)c(C(=O)O)c(C)cc1=O.